The van der Waals surface area contributed by atoms with Gasteiger partial charge in [0.15, 0.2) is 0 Å². The van der Waals surface area contributed by atoms with Crippen molar-refractivity contribution in [2.45, 2.75) is 80.2 Å². The van der Waals surface area contributed by atoms with Crippen molar-refractivity contribution in [1.82, 2.24) is 0 Å². The third-order valence-corrected chi connectivity index (χ3v) is 11.4. The van der Waals surface area contributed by atoms with E-state index in [9.17, 15) is 40.6 Å². The molecule has 3 rings (SSSR count). The lowest BCUT2D eigenvalue weighted by atomic mass is 9.79. The first-order valence-corrected chi connectivity index (χ1v) is 17.7. The van der Waals surface area contributed by atoms with Crippen molar-refractivity contribution in [3.8, 4) is 11.5 Å². The normalized spacial score (nSPS) is 19.0. The van der Waals surface area contributed by atoms with E-state index in [1.807, 2.05) is 24.3 Å². The number of halogens is 5. The minimum Gasteiger partial charge on any atom is -0.508 e. The lowest BCUT2D eigenvalue weighted by molar-refractivity contribution is -0.284. The van der Waals surface area contributed by atoms with E-state index < -0.39 is 46.5 Å². The summed E-state index contributed by atoms with van der Waals surface area (Å²) in [5, 5.41) is 19.6. The molecule has 2 unspecified atom stereocenters. The molecular formula is C29H37F5O4S3. The van der Waals surface area contributed by atoms with E-state index in [4.69, 9.17) is 0 Å². The smallest absolute Gasteiger partial charge is 0.453 e. The van der Waals surface area contributed by atoms with E-state index in [0.717, 1.165) is 42.8 Å². The molecule has 4 nitrogen and oxygen atoms in total. The van der Waals surface area contributed by atoms with Crippen LogP contribution in [0.1, 0.15) is 74.3 Å². The molecule has 0 fully saturated rings. The molecule has 2 N–H and O–H groups in total. The molecule has 2 aromatic rings. The highest BCUT2D eigenvalue weighted by atomic mass is 32.2. The molecular weight excluding hydrogens is 604 g/mol. The van der Waals surface area contributed by atoms with Crippen LogP contribution in [-0.4, -0.2) is 59.5 Å². The summed E-state index contributed by atoms with van der Waals surface area (Å²) in [6.07, 6.45) is -2.43. The highest BCUT2D eigenvalue weighted by Crippen LogP contribution is 2.49. The fourth-order valence-corrected chi connectivity index (χ4v) is 8.93. The second kappa shape index (κ2) is 15.7. The van der Waals surface area contributed by atoms with Crippen LogP contribution in [0.25, 0.3) is 0 Å². The number of phenolic OH excluding ortho intramolecular Hbond substituents is 2. The molecule has 2 aromatic carbocycles. The van der Waals surface area contributed by atoms with Gasteiger partial charge >= 0.3 is 12.1 Å². The van der Waals surface area contributed by atoms with E-state index in [0.29, 0.717) is 17.9 Å². The molecule has 1 aliphatic rings. The maximum Gasteiger partial charge on any atom is 0.453 e. The van der Waals surface area contributed by atoms with Gasteiger partial charge in [-0.05, 0) is 67.0 Å². The Morgan fingerprint density at radius 1 is 0.756 bits per heavy atom. The number of phenols is 2. The van der Waals surface area contributed by atoms with Gasteiger partial charge in [-0.15, -0.1) is 11.8 Å². The SMILES string of the molecule is O=S(CCCCCC[C@@H]1c2ccc(O)cc2SC[C@@H]1c1ccc(O)cc1)CCCS(=O)CCCC(F)(F)C(F)(F)F. The Morgan fingerprint density at radius 3 is 2.00 bits per heavy atom. The van der Waals surface area contributed by atoms with E-state index in [-0.39, 0.29) is 34.8 Å². The van der Waals surface area contributed by atoms with Crippen LogP contribution in [0.2, 0.25) is 0 Å². The Balaban J connectivity index is 1.35. The molecule has 12 heteroatoms. The van der Waals surface area contributed by atoms with E-state index in [1.54, 1.807) is 30.0 Å². The van der Waals surface area contributed by atoms with Crippen LogP contribution in [0.5, 0.6) is 11.5 Å². The lowest BCUT2D eigenvalue weighted by Gasteiger charge is -2.34. The number of rotatable bonds is 16. The van der Waals surface area contributed by atoms with Gasteiger partial charge in [-0.1, -0.05) is 37.5 Å². The summed E-state index contributed by atoms with van der Waals surface area (Å²) < 4.78 is 86.6. The van der Waals surface area contributed by atoms with Crippen LogP contribution in [0, 0.1) is 0 Å². The van der Waals surface area contributed by atoms with Crippen LogP contribution >= 0.6 is 11.8 Å². The van der Waals surface area contributed by atoms with Gasteiger partial charge in [-0.25, -0.2) is 0 Å². The Kier molecular flexibility index (Phi) is 13.0. The molecule has 230 valence electrons. The lowest BCUT2D eigenvalue weighted by Crippen LogP contribution is -2.36. The van der Waals surface area contributed by atoms with Gasteiger partial charge in [0.05, 0.1) is 0 Å². The van der Waals surface area contributed by atoms with Crippen molar-refractivity contribution in [3.63, 3.8) is 0 Å². The topological polar surface area (TPSA) is 74.6 Å². The molecule has 0 radical (unpaired) electrons. The zero-order valence-corrected chi connectivity index (χ0v) is 25.2. The van der Waals surface area contributed by atoms with Gasteiger partial charge < -0.3 is 10.2 Å². The average molecular weight is 641 g/mol. The molecule has 0 amide bonds. The fourth-order valence-electron chi connectivity index (χ4n) is 5.04. The number of fused-ring (bicyclic) bond motifs is 1. The monoisotopic (exact) mass is 640 g/mol. The van der Waals surface area contributed by atoms with Crippen LogP contribution < -0.4 is 0 Å². The second-order valence-corrected chi connectivity index (χ2v) is 14.9. The molecule has 1 heterocycles. The van der Waals surface area contributed by atoms with Crippen molar-refractivity contribution in [2.75, 3.05) is 28.8 Å². The highest BCUT2D eigenvalue weighted by Gasteiger charge is 2.56. The molecule has 4 atom stereocenters. The molecule has 0 aliphatic carbocycles. The maximum absolute atomic E-state index is 12.9. The minimum absolute atomic E-state index is 0.143. The Hall–Kier alpha value is -1.66. The first-order valence-electron chi connectivity index (χ1n) is 13.8. The Bertz CT molecular complexity index is 1160. The van der Waals surface area contributed by atoms with Crippen LogP contribution in [0.3, 0.4) is 0 Å². The number of aromatic hydroxyl groups is 2. The van der Waals surface area contributed by atoms with Crippen molar-refractivity contribution >= 4 is 33.4 Å². The van der Waals surface area contributed by atoms with Crippen molar-refractivity contribution in [3.05, 3.63) is 53.6 Å². The Labute approximate surface area is 247 Å². The second-order valence-electron chi connectivity index (χ2n) is 10.4. The third-order valence-electron chi connectivity index (χ3n) is 7.28. The summed E-state index contributed by atoms with van der Waals surface area (Å²) in [5.41, 5.74) is 2.40. The van der Waals surface area contributed by atoms with Crippen LogP contribution in [0.4, 0.5) is 22.0 Å². The summed E-state index contributed by atoms with van der Waals surface area (Å²) >= 11 is 1.73. The standard InChI is InChI=1S/C29H37F5O4S3/c30-28(31,29(32,33)34)14-5-16-41(38)18-6-17-40(37)15-4-2-1-3-7-24-25-13-12-23(36)19-27(25)39-20-26(24)21-8-10-22(35)11-9-21/h8-13,19,24,26,35-36H,1-7,14-18,20H2/t24-,26-,40?,41?/m1/s1. The number of benzene rings is 2. The highest BCUT2D eigenvalue weighted by molar-refractivity contribution is 7.99. The number of thioether (sulfide) groups is 1. The zero-order valence-electron chi connectivity index (χ0n) is 22.7. The molecule has 41 heavy (non-hydrogen) atoms. The summed E-state index contributed by atoms with van der Waals surface area (Å²) in [6, 6.07) is 12.9. The first kappa shape index (κ1) is 33.8. The summed E-state index contributed by atoms with van der Waals surface area (Å²) in [7, 11) is -2.60. The minimum atomic E-state index is -5.59. The molecule has 0 bridgehead atoms. The van der Waals surface area contributed by atoms with Crippen LogP contribution in [0.15, 0.2) is 47.4 Å². The predicted molar refractivity (Wildman–Crippen MR) is 156 cm³/mol. The maximum atomic E-state index is 12.9. The fraction of sp³-hybridized carbons (Fsp3) is 0.586. The van der Waals surface area contributed by atoms with Gasteiger partial charge in [0.1, 0.15) is 11.5 Å². The third kappa shape index (κ3) is 10.5. The number of alkyl halides is 5. The summed E-state index contributed by atoms with van der Waals surface area (Å²) in [5.74, 6) is -2.05. The quantitative estimate of drug-likeness (QED) is 0.144. The predicted octanol–water partition coefficient (Wildman–Crippen LogP) is 7.89. The number of hydrogen-bond donors (Lipinski definition) is 2. The van der Waals surface area contributed by atoms with Gasteiger partial charge in [-0.3, -0.25) is 8.42 Å². The largest absolute Gasteiger partial charge is 0.508 e. The van der Waals surface area contributed by atoms with Gasteiger partial charge in [-0.2, -0.15) is 22.0 Å². The Morgan fingerprint density at radius 2 is 1.34 bits per heavy atom. The van der Waals surface area contributed by atoms with Crippen molar-refractivity contribution < 1.29 is 40.6 Å². The molecule has 0 aromatic heterocycles. The van der Waals surface area contributed by atoms with E-state index >= 15 is 0 Å². The number of unbranched alkanes of at least 4 members (excludes halogenated alkanes) is 3. The first-order chi connectivity index (χ1) is 19.4. The molecule has 0 spiro atoms. The zero-order chi connectivity index (χ0) is 30.0. The van der Waals surface area contributed by atoms with Gasteiger partial charge in [0.25, 0.3) is 0 Å². The molecule has 0 saturated heterocycles. The van der Waals surface area contributed by atoms with Gasteiger partial charge in [0.2, 0.25) is 0 Å². The number of hydrogen-bond acceptors (Lipinski definition) is 5. The average Bonchev–Trinajstić information content (AvgIpc) is 2.90. The van der Waals surface area contributed by atoms with Gasteiger partial charge in [0, 0.05) is 67.6 Å². The summed E-state index contributed by atoms with van der Waals surface area (Å²) in [6.45, 7) is 0. The van der Waals surface area contributed by atoms with Crippen molar-refractivity contribution in [1.29, 1.82) is 0 Å². The molecule has 0 saturated carbocycles. The van der Waals surface area contributed by atoms with E-state index in [1.165, 1.54) is 11.1 Å². The summed E-state index contributed by atoms with van der Waals surface area (Å²) in [4.78, 5) is 1.10. The van der Waals surface area contributed by atoms with Crippen LogP contribution in [-0.2, 0) is 21.6 Å². The molecule has 1 aliphatic heterocycles. The van der Waals surface area contributed by atoms with Crippen molar-refractivity contribution in [2.24, 2.45) is 0 Å². The van der Waals surface area contributed by atoms with E-state index in [2.05, 4.69) is 0 Å².